The van der Waals surface area contributed by atoms with Crippen LogP contribution in [-0.4, -0.2) is 31.1 Å². The van der Waals surface area contributed by atoms with Crippen LogP contribution in [0.15, 0.2) is 24.3 Å². The maximum Gasteiger partial charge on any atom is 0.0349 e. The van der Waals surface area contributed by atoms with E-state index in [0.717, 1.165) is 32.1 Å². The van der Waals surface area contributed by atoms with Crippen molar-refractivity contribution in [2.24, 2.45) is 5.92 Å². The van der Waals surface area contributed by atoms with E-state index in [0.29, 0.717) is 6.04 Å². The van der Waals surface area contributed by atoms with E-state index in [1.165, 1.54) is 24.0 Å². The third-order valence-electron chi connectivity index (χ3n) is 4.22. The molecule has 0 aromatic heterocycles. The summed E-state index contributed by atoms with van der Waals surface area (Å²) in [5.74, 6) is 0.861. The maximum absolute atomic E-state index is 3.77. The number of hydrogen-bond donors (Lipinski definition) is 1. The topological polar surface area (TPSA) is 15.3 Å². The van der Waals surface area contributed by atoms with Crippen LogP contribution in [0.1, 0.15) is 43.9 Å². The lowest BCUT2D eigenvalue weighted by atomic mass is 10.0. The number of hydrogen-bond acceptors (Lipinski definition) is 2. The van der Waals surface area contributed by atoms with Crippen LogP contribution in [0.2, 0.25) is 0 Å². The first-order valence-electron chi connectivity index (χ1n) is 7.76. The van der Waals surface area contributed by atoms with Crippen molar-refractivity contribution in [2.75, 3.05) is 26.2 Å². The highest BCUT2D eigenvalue weighted by Gasteiger charge is 2.31. The molecule has 1 saturated carbocycles. The van der Waals surface area contributed by atoms with Gasteiger partial charge in [0.25, 0.3) is 0 Å². The number of nitrogens with zero attached hydrogens (tertiary/aromatic N) is 1. The molecule has 2 nitrogen and oxygen atoms in total. The molecule has 1 aromatic rings. The molecule has 0 spiro atoms. The Balaban J connectivity index is 1.88. The molecular weight excluding hydrogens is 232 g/mol. The first kappa shape index (κ1) is 14.5. The second-order valence-electron chi connectivity index (χ2n) is 5.71. The molecule has 0 saturated heterocycles. The van der Waals surface area contributed by atoms with Gasteiger partial charge < -0.3 is 10.2 Å². The summed E-state index contributed by atoms with van der Waals surface area (Å²) in [5.41, 5.74) is 2.81. The van der Waals surface area contributed by atoms with Crippen molar-refractivity contribution in [1.29, 1.82) is 0 Å². The van der Waals surface area contributed by atoms with Crippen molar-refractivity contribution in [3.05, 3.63) is 35.4 Å². The van der Waals surface area contributed by atoms with Crippen LogP contribution in [0, 0.1) is 12.8 Å². The highest BCUT2D eigenvalue weighted by molar-refractivity contribution is 5.25. The number of aryl methyl sites for hydroxylation is 1. The second kappa shape index (κ2) is 7.06. The third-order valence-corrected chi connectivity index (χ3v) is 4.22. The first-order valence-corrected chi connectivity index (χ1v) is 7.76. The summed E-state index contributed by atoms with van der Waals surface area (Å²) < 4.78 is 0. The normalized spacial score (nSPS) is 16.8. The Kier molecular flexibility index (Phi) is 5.41. The van der Waals surface area contributed by atoms with Crippen molar-refractivity contribution in [3.63, 3.8) is 0 Å². The molecule has 1 aromatic carbocycles. The summed E-state index contributed by atoms with van der Waals surface area (Å²) in [4.78, 5) is 2.48. The number of nitrogens with one attached hydrogen (secondary N) is 1. The van der Waals surface area contributed by atoms with Gasteiger partial charge in [-0.2, -0.15) is 0 Å². The number of rotatable bonds is 8. The van der Waals surface area contributed by atoms with Gasteiger partial charge in [-0.05, 0) is 44.3 Å². The predicted octanol–water partition coefficient (Wildman–Crippen LogP) is 3.38. The lowest BCUT2D eigenvalue weighted by Gasteiger charge is -2.23. The van der Waals surface area contributed by atoms with Crippen molar-refractivity contribution >= 4 is 0 Å². The minimum atomic E-state index is 0.566. The number of likely N-dealkylation sites (N-methyl/N-ethyl adjacent to an activating group) is 1. The van der Waals surface area contributed by atoms with E-state index in [1.54, 1.807) is 0 Å². The van der Waals surface area contributed by atoms with Crippen LogP contribution >= 0.6 is 0 Å². The molecule has 106 valence electrons. The average molecular weight is 260 g/mol. The summed E-state index contributed by atoms with van der Waals surface area (Å²) in [6, 6.07) is 9.62. The lowest BCUT2D eigenvalue weighted by molar-refractivity contribution is 0.293. The van der Waals surface area contributed by atoms with Gasteiger partial charge in [0.05, 0.1) is 0 Å². The molecule has 1 atom stereocenters. The minimum absolute atomic E-state index is 0.566. The molecule has 1 unspecified atom stereocenters. The van der Waals surface area contributed by atoms with Gasteiger partial charge in [0.15, 0.2) is 0 Å². The Labute approximate surface area is 118 Å². The fraction of sp³-hybridized carbons (Fsp3) is 0.647. The highest BCUT2D eigenvalue weighted by atomic mass is 15.1. The number of benzene rings is 1. The van der Waals surface area contributed by atoms with Crippen LogP contribution in [0.25, 0.3) is 0 Å². The molecule has 2 heteroatoms. The quantitative estimate of drug-likeness (QED) is 0.771. The van der Waals surface area contributed by atoms with E-state index < -0.39 is 0 Å². The lowest BCUT2D eigenvalue weighted by Crippen LogP contribution is -2.34. The Morgan fingerprint density at radius 3 is 2.32 bits per heavy atom. The Bertz CT molecular complexity index is 363. The molecule has 1 aliphatic rings. The van der Waals surface area contributed by atoms with Gasteiger partial charge in [-0.1, -0.05) is 43.7 Å². The Morgan fingerprint density at radius 2 is 1.79 bits per heavy atom. The molecule has 0 bridgehead atoms. The van der Waals surface area contributed by atoms with Gasteiger partial charge in [0.2, 0.25) is 0 Å². The molecule has 1 aliphatic carbocycles. The zero-order valence-electron chi connectivity index (χ0n) is 12.7. The van der Waals surface area contributed by atoms with E-state index in [1.807, 2.05) is 0 Å². The predicted molar refractivity (Wildman–Crippen MR) is 82.4 cm³/mol. The molecular formula is C17H28N2. The SMILES string of the molecule is CCN(CC)CCNC(c1ccc(C)cc1)C1CC1. The Morgan fingerprint density at radius 1 is 1.16 bits per heavy atom. The van der Waals surface area contributed by atoms with Crippen LogP contribution in [0.5, 0.6) is 0 Å². The fourth-order valence-corrected chi connectivity index (χ4v) is 2.68. The minimum Gasteiger partial charge on any atom is -0.308 e. The molecule has 2 rings (SSSR count). The van der Waals surface area contributed by atoms with Crippen molar-refractivity contribution in [3.8, 4) is 0 Å². The third kappa shape index (κ3) is 4.32. The molecule has 0 radical (unpaired) electrons. The molecule has 19 heavy (non-hydrogen) atoms. The maximum atomic E-state index is 3.77. The van der Waals surface area contributed by atoms with Crippen molar-refractivity contribution < 1.29 is 0 Å². The van der Waals surface area contributed by atoms with Gasteiger partial charge in [0.1, 0.15) is 0 Å². The summed E-state index contributed by atoms with van der Waals surface area (Å²) in [6.07, 6.45) is 2.77. The fourth-order valence-electron chi connectivity index (χ4n) is 2.68. The van der Waals surface area contributed by atoms with E-state index in [9.17, 15) is 0 Å². The van der Waals surface area contributed by atoms with E-state index in [-0.39, 0.29) is 0 Å². The van der Waals surface area contributed by atoms with Gasteiger partial charge in [-0.15, -0.1) is 0 Å². The zero-order chi connectivity index (χ0) is 13.7. The standard InChI is InChI=1S/C17H28N2/c1-4-19(5-2)13-12-18-17(16-10-11-16)15-8-6-14(3)7-9-15/h6-9,16-18H,4-5,10-13H2,1-3H3. The van der Waals surface area contributed by atoms with E-state index in [4.69, 9.17) is 0 Å². The molecule has 0 heterocycles. The second-order valence-corrected chi connectivity index (χ2v) is 5.71. The van der Waals surface area contributed by atoms with Gasteiger partial charge in [-0.25, -0.2) is 0 Å². The Hall–Kier alpha value is -0.860. The van der Waals surface area contributed by atoms with Crippen molar-refractivity contribution in [2.45, 2.75) is 39.7 Å². The van der Waals surface area contributed by atoms with E-state index >= 15 is 0 Å². The largest absolute Gasteiger partial charge is 0.308 e. The van der Waals surface area contributed by atoms with Gasteiger partial charge in [-0.3, -0.25) is 0 Å². The molecule has 0 amide bonds. The van der Waals surface area contributed by atoms with Crippen molar-refractivity contribution in [1.82, 2.24) is 10.2 Å². The first-order chi connectivity index (χ1) is 9.24. The molecule has 1 fully saturated rings. The summed E-state index contributed by atoms with van der Waals surface area (Å²) in [6.45, 7) is 11.2. The van der Waals surface area contributed by atoms with Crippen LogP contribution in [-0.2, 0) is 0 Å². The van der Waals surface area contributed by atoms with Crippen LogP contribution in [0.4, 0.5) is 0 Å². The molecule has 1 N–H and O–H groups in total. The average Bonchev–Trinajstić information content (AvgIpc) is 3.25. The summed E-state index contributed by atoms with van der Waals surface area (Å²) >= 11 is 0. The molecule has 0 aliphatic heterocycles. The van der Waals surface area contributed by atoms with E-state index in [2.05, 4.69) is 55.3 Å². The highest BCUT2D eigenvalue weighted by Crippen LogP contribution is 2.40. The van der Waals surface area contributed by atoms with Gasteiger partial charge >= 0.3 is 0 Å². The van der Waals surface area contributed by atoms with Crippen LogP contribution in [0.3, 0.4) is 0 Å². The zero-order valence-corrected chi connectivity index (χ0v) is 12.7. The van der Waals surface area contributed by atoms with Crippen LogP contribution < -0.4 is 5.32 Å². The summed E-state index contributed by atoms with van der Waals surface area (Å²) in [7, 11) is 0. The van der Waals surface area contributed by atoms with Gasteiger partial charge in [0, 0.05) is 19.1 Å². The summed E-state index contributed by atoms with van der Waals surface area (Å²) in [5, 5.41) is 3.77. The monoisotopic (exact) mass is 260 g/mol. The smallest absolute Gasteiger partial charge is 0.0349 e.